The zero-order valence-corrected chi connectivity index (χ0v) is 13.4. The maximum absolute atomic E-state index is 12.6. The molecular formula is C16H30N2O2. The molecule has 0 unspecified atom stereocenters. The molecule has 4 nitrogen and oxygen atoms in total. The van der Waals surface area contributed by atoms with E-state index in [0.717, 1.165) is 39.0 Å². The second-order valence-electron chi connectivity index (χ2n) is 7.41. The van der Waals surface area contributed by atoms with Gasteiger partial charge in [-0.25, -0.2) is 0 Å². The molecule has 0 radical (unpaired) electrons. The van der Waals surface area contributed by atoms with Gasteiger partial charge in [-0.05, 0) is 36.6 Å². The molecule has 1 heterocycles. The Kier molecular flexibility index (Phi) is 4.45. The van der Waals surface area contributed by atoms with Gasteiger partial charge in [0.25, 0.3) is 0 Å². The van der Waals surface area contributed by atoms with E-state index in [9.17, 15) is 4.79 Å². The van der Waals surface area contributed by atoms with Gasteiger partial charge >= 0.3 is 0 Å². The van der Waals surface area contributed by atoms with E-state index in [4.69, 9.17) is 10.5 Å². The number of rotatable bonds is 5. The number of likely N-dealkylation sites (tertiary alicyclic amines) is 1. The third-order valence-electron chi connectivity index (χ3n) is 5.72. The van der Waals surface area contributed by atoms with Crippen molar-refractivity contribution < 1.29 is 9.53 Å². The van der Waals surface area contributed by atoms with Crippen molar-refractivity contribution in [3.05, 3.63) is 0 Å². The minimum atomic E-state index is 0.137. The minimum Gasteiger partial charge on any atom is -0.378 e. The number of nitrogens with two attached hydrogens (primary N) is 1. The first kappa shape index (κ1) is 15.8. The van der Waals surface area contributed by atoms with E-state index in [2.05, 4.69) is 27.7 Å². The molecule has 1 amide bonds. The fraction of sp³-hybridized carbons (Fsp3) is 0.938. The molecule has 0 bridgehead atoms. The van der Waals surface area contributed by atoms with Gasteiger partial charge in [0.05, 0.1) is 6.10 Å². The van der Waals surface area contributed by atoms with E-state index in [1.54, 1.807) is 0 Å². The van der Waals surface area contributed by atoms with Gasteiger partial charge in [-0.3, -0.25) is 4.79 Å². The smallest absolute Gasteiger partial charge is 0.226 e. The van der Waals surface area contributed by atoms with Gasteiger partial charge in [-0.15, -0.1) is 0 Å². The van der Waals surface area contributed by atoms with Crippen LogP contribution in [0.3, 0.4) is 0 Å². The quantitative estimate of drug-likeness (QED) is 0.785. The number of hydrogen-bond acceptors (Lipinski definition) is 3. The molecule has 2 rings (SSSR count). The van der Waals surface area contributed by atoms with Crippen molar-refractivity contribution in [2.24, 2.45) is 22.5 Å². The van der Waals surface area contributed by atoms with Crippen LogP contribution in [0.4, 0.5) is 0 Å². The highest BCUT2D eigenvalue weighted by Crippen LogP contribution is 2.68. The SMILES string of the molecule is CC1(C)C(C(=O)N2CCC(OCCCN)CC2)C1(C)C. The number of amides is 1. The second kappa shape index (κ2) is 5.64. The predicted octanol–water partition coefficient (Wildman–Crippen LogP) is 2.02. The Balaban J connectivity index is 1.79. The molecule has 2 N–H and O–H groups in total. The van der Waals surface area contributed by atoms with Crippen molar-refractivity contribution in [2.75, 3.05) is 26.2 Å². The number of hydrogen-bond donors (Lipinski definition) is 1. The van der Waals surface area contributed by atoms with E-state index in [-0.39, 0.29) is 16.7 Å². The lowest BCUT2D eigenvalue weighted by Crippen LogP contribution is -2.42. The Morgan fingerprint density at radius 2 is 1.75 bits per heavy atom. The highest BCUT2D eigenvalue weighted by molar-refractivity contribution is 5.84. The zero-order valence-electron chi connectivity index (χ0n) is 13.4. The highest BCUT2D eigenvalue weighted by atomic mass is 16.5. The van der Waals surface area contributed by atoms with Crippen LogP contribution in [-0.4, -0.2) is 43.2 Å². The summed E-state index contributed by atoms with van der Waals surface area (Å²) in [6.07, 6.45) is 3.16. The van der Waals surface area contributed by atoms with Crippen LogP contribution in [0.25, 0.3) is 0 Å². The summed E-state index contributed by atoms with van der Waals surface area (Å²) in [5, 5.41) is 0. The van der Waals surface area contributed by atoms with Crippen molar-refractivity contribution >= 4 is 5.91 Å². The minimum absolute atomic E-state index is 0.137. The van der Waals surface area contributed by atoms with Crippen LogP contribution in [0.1, 0.15) is 47.0 Å². The summed E-state index contributed by atoms with van der Waals surface area (Å²) in [7, 11) is 0. The molecule has 20 heavy (non-hydrogen) atoms. The molecule has 0 atom stereocenters. The number of carbonyl (C=O) groups excluding carboxylic acids is 1. The highest BCUT2D eigenvalue weighted by Gasteiger charge is 2.68. The summed E-state index contributed by atoms with van der Waals surface area (Å²) in [6, 6.07) is 0. The molecule has 0 aromatic heterocycles. The second-order valence-corrected chi connectivity index (χ2v) is 7.41. The average Bonchev–Trinajstić information content (AvgIpc) is 2.80. The molecule has 1 saturated carbocycles. The lowest BCUT2D eigenvalue weighted by atomic mass is 10.0. The van der Waals surface area contributed by atoms with Crippen LogP contribution in [0.15, 0.2) is 0 Å². The van der Waals surface area contributed by atoms with E-state index < -0.39 is 0 Å². The molecule has 1 saturated heterocycles. The first-order valence-corrected chi connectivity index (χ1v) is 7.93. The Morgan fingerprint density at radius 3 is 2.20 bits per heavy atom. The maximum Gasteiger partial charge on any atom is 0.226 e. The van der Waals surface area contributed by atoms with E-state index in [0.29, 0.717) is 18.6 Å². The van der Waals surface area contributed by atoms with Gasteiger partial charge in [-0.2, -0.15) is 0 Å². The Hall–Kier alpha value is -0.610. The van der Waals surface area contributed by atoms with Gasteiger partial charge in [0, 0.05) is 25.6 Å². The average molecular weight is 282 g/mol. The van der Waals surface area contributed by atoms with Gasteiger partial charge in [0.15, 0.2) is 0 Å². The van der Waals surface area contributed by atoms with Crippen molar-refractivity contribution in [3.63, 3.8) is 0 Å². The van der Waals surface area contributed by atoms with Gasteiger partial charge < -0.3 is 15.4 Å². The molecular weight excluding hydrogens is 252 g/mol. The Bertz CT molecular complexity index is 343. The van der Waals surface area contributed by atoms with Crippen molar-refractivity contribution in [2.45, 2.75) is 53.1 Å². The van der Waals surface area contributed by atoms with Crippen molar-refractivity contribution in [1.29, 1.82) is 0 Å². The summed E-state index contributed by atoms with van der Waals surface area (Å²) >= 11 is 0. The predicted molar refractivity (Wildman–Crippen MR) is 80.3 cm³/mol. The number of piperidine rings is 1. The molecule has 4 heteroatoms. The summed E-state index contributed by atoms with van der Waals surface area (Å²) in [6.45, 7) is 11.9. The van der Waals surface area contributed by atoms with Crippen LogP contribution in [0, 0.1) is 16.7 Å². The maximum atomic E-state index is 12.6. The molecule has 0 aromatic carbocycles. The van der Waals surface area contributed by atoms with E-state index in [1.165, 1.54) is 0 Å². The van der Waals surface area contributed by atoms with Gasteiger partial charge in [0.2, 0.25) is 5.91 Å². The number of nitrogens with zero attached hydrogens (tertiary/aromatic N) is 1. The molecule has 2 fully saturated rings. The standard InChI is InChI=1S/C16H30N2O2/c1-15(2)13(16(15,3)4)14(19)18-9-6-12(7-10-18)20-11-5-8-17/h12-13H,5-11,17H2,1-4H3. The lowest BCUT2D eigenvalue weighted by Gasteiger charge is -2.32. The van der Waals surface area contributed by atoms with Crippen LogP contribution >= 0.6 is 0 Å². The van der Waals surface area contributed by atoms with Gasteiger partial charge in [0.1, 0.15) is 0 Å². The Morgan fingerprint density at radius 1 is 1.20 bits per heavy atom. The molecule has 1 aliphatic carbocycles. The monoisotopic (exact) mass is 282 g/mol. The van der Waals surface area contributed by atoms with Crippen LogP contribution in [-0.2, 0) is 9.53 Å². The van der Waals surface area contributed by atoms with Gasteiger partial charge in [-0.1, -0.05) is 27.7 Å². The Labute approximate surface area is 123 Å². The first-order chi connectivity index (χ1) is 9.32. The molecule has 2 aliphatic rings. The molecule has 0 aromatic rings. The summed E-state index contributed by atoms with van der Waals surface area (Å²) in [5.74, 6) is 0.533. The number of ether oxygens (including phenoxy) is 1. The lowest BCUT2D eigenvalue weighted by molar-refractivity contribution is -0.136. The van der Waals surface area contributed by atoms with E-state index >= 15 is 0 Å². The summed E-state index contributed by atoms with van der Waals surface area (Å²) in [4.78, 5) is 14.7. The summed E-state index contributed by atoms with van der Waals surface area (Å²) in [5.41, 5.74) is 5.74. The molecule has 116 valence electrons. The fourth-order valence-corrected chi connectivity index (χ4v) is 3.57. The van der Waals surface area contributed by atoms with E-state index in [1.807, 2.05) is 4.90 Å². The normalized spacial score (nSPS) is 25.8. The van der Waals surface area contributed by atoms with Crippen LogP contribution in [0.2, 0.25) is 0 Å². The molecule has 0 spiro atoms. The molecule has 1 aliphatic heterocycles. The fourth-order valence-electron chi connectivity index (χ4n) is 3.57. The zero-order chi connectivity index (χ0) is 15.0. The third kappa shape index (κ3) is 2.73. The third-order valence-corrected chi connectivity index (χ3v) is 5.72. The van der Waals surface area contributed by atoms with Crippen molar-refractivity contribution in [3.8, 4) is 0 Å². The summed E-state index contributed by atoms with van der Waals surface area (Å²) < 4.78 is 5.79. The van der Waals surface area contributed by atoms with Crippen LogP contribution in [0.5, 0.6) is 0 Å². The number of carbonyl (C=O) groups is 1. The van der Waals surface area contributed by atoms with Crippen molar-refractivity contribution in [1.82, 2.24) is 4.90 Å². The topological polar surface area (TPSA) is 55.6 Å². The van der Waals surface area contributed by atoms with Crippen LogP contribution < -0.4 is 5.73 Å². The first-order valence-electron chi connectivity index (χ1n) is 7.93. The largest absolute Gasteiger partial charge is 0.378 e.